The minimum Gasteiger partial charge on any atom is -0.459 e. The fourth-order valence-corrected chi connectivity index (χ4v) is 19.2. The number of ketones is 1. The number of oxime groups is 1. The first-order chi connectivity index (χ1) is 64.5. The molecule has 7 aliphatic rings. The molecule has 1 saturated carbocycles. The van der Waals surface area contributed by atoms with Gasteiger partial charge in [-0.1, -0.05) is 87.5 Å². The molecule has 16 atom stereocenters. The van der Waals surface area contributed by atoms with Crippen molar-refractivity contribution in [3.63, 3.8) is 0 Å². The second kappa shape index (κ2) is 45.4. The van der Waals surface area contributed by atoms with Crippen LogP contribution in [0.4, 0.5) is 23.7 Å². The van der Waals surface area contributed by atoms with Crippen molar-refractivity contribution in [2.45, 2.75) is 218 Å². The van der Waals surface area contributed by atoms with Crippen LogP contribution < -0.4 is 32.3 Å². The van der Waals surface area contributed by atoms with Crippen LogP contribution in [0.15, 0.2) is 125 Å². The predicted octanol–water partition coefficient (Wildman–Crippen LogP) is 5.95. The van der Waals surface area contributed by atoms with Crippen molar-refractivity contribution in [3.05, 3.63) is 143 Å². The lowest BCUT2D eigenvalue weighted by molar-refractivity contribution is -0.265. The van der Waals surface area contributed by atoms with Crippen LogP contribution in [-0.4, -0.2) is 304 Å². The van der Waals surface area contributed by atoms with Crippen LogP contribution in [0.3, 0.4) is 0 Å². The molecule has 0 spiro atoms. The van der Waals surface area contributed by atoms with Crippen molar-refractivity contribution >= 4 is 87.0 Å². The molecule has 6 aliphatic heterocycles. The number of Topliss-reactive ketones (excluding diaryl/α,β-unsaturated/α-hetero) is 1. The third-order valence-corrected chi connectivity index (χ3v) is 27.4. The van der Waals surface area contributed by atoms with E-state index in [4.69, 9.17) is 55.2 Å². The van der Waals surface area contributed by atoms with E-state index in [-0.39, 0.29) is 79.7 Å². The quantitative estimate of drug-likeness (QED) is 0.0124. The van der Waals surface area contributed by atoms with Crippen molar-refractivity contribution < 1.29 is 87.2 Å². The zero-order valence-corrected chi connectivity index (χ0v) is 77.8. The normalized spacial score (nSPS) is 28.5. The van der Waals surface area contributed by atoms with E-state index in [1.165, 1.54) is 13.4 Å². The van der Waals surface area contributed by atoms with Crippen molar-refractivity contribution in [1.82, 2.24) is 69.6 Å². The molecule has 2 aromatic carbocycles. The summed E-state index contributed by atoms with van der Waals surface area (Å²) in [5.41, 5.74) is 27.8. The minimum atomic E-state index is -2.50. The molecular formula is C96H130N20O18. The molecule has 12 N–H and O–H groups in total. The summed E-state index contributed by atoms with van der Waals surface area (Å²) in [5, 5.41) is 71.8. The Morgan fingerprint density at radius 2 is 1.48 bits per heavy atom. The number of nitrogens with two attached hydrogens (primary N) is 3. The van der Waals surface area contributed by atoms with E-state index < -0.39 is 115 Å². The lowest BCUT2D eigenvalue weighted by atomic mass is 9.80. The Morgan fingerprint density at radius 1 is 0.731 bits per heavy atom. The number of ether oxygens (including phenoxy) is 5. The maximum atomic E-state index is 14.7. The Balaban J connectivity index is 0.519. The Hall–Kier alpha value is -11.2. The molecule has 4 saturated heterocycles. The maximum absolute atomic E-state index is 14.7. The molecule has 4 amide bonds. The number of aromatic nitrogens is 9. The number of hydrogen-bond donors (Lipinski definition) is 9. The first-order valence-corrected chi connectivity index (χ1v) is 46.9. The summed E-state index contributed by atoms with van der Waals surface area (Å²) < 4.78 is 37.3. The molecule has 38 heteroatoms. The van der Waals surface area contributed by atoms with E-state index in [1.54, 1.807) is 64.8 Å². The number of benzene rings is 2. The third kappa shape index (κ3) is 24.4. The molecule has 11 heterocycles. The van der Waals surface area contributed by atoms with Gasteiger partial charge in [0.25, 0.3) is 29.5 Å². The highest BCUT2D eigenvalue weighted by atomic mass is 16.6. The van der Waals surface area contributed by atoms with Gasteiger partial charge in [-0.3, -0.25) is 28.9 Å². The number of amides is 4. The Bertz CT molecular complexity index is 5380. The number of piperazine rings is 2. The van der Waals surface area contributed by atoms with Gasteiger partial charge >= 0.3 is 5.97 Å². The van der Waals surface area contributed by atoms with Crippen LogP contribution in [0.25, 0.3) is 33.4 Å². The summed E-state index contributed by atoms with van der Waals surface area (Å²) in [4.78, 5) is 133. The zero-order valence-electron chi connectivity index (χ0n) is 77.8. The van der Waals surface area contributed by atoms with Crippen molar-refractivity contribution in [1.29, 1.82) is 0 Å². The molecule has 0 unspecified atom stereocenters. The Labute approximate surface area is 779 Å². The van der Waals surface area contributed by atoms with Crippen molar-refractivity contribution in [3.8, 4) is 11.3 Å². The number of nitrogen functional groups attached to an aromatic ring is 2. The van der Waals surface area contributed by atoms with Crippen LogP contribution in [0, 0.1) is 29.6 Å². The molecule has 14 rings (SSSR count). The van der Waals surface area contributed by atoms with E-state index in [9.17, 15) is 54.3 Å². The number of oxazole rings is 1. The van der Waals surface area contributed by atoms with E-state index in [1.807, 2.05) is 88.7 Å². The highest BCUT2D eigenvalue weighted by molar-refractivity contribution is 6.39. The SMILES string of the molecule is CO[C@H]1C[C@@H]2CC[C@@H](C)[C@@](O)(O2)C(=O)C(=O)N2CCCC[C@H]2C(=O)O[C@H]([C@H](N)C[C@@H]2CC[C@@H](O)[C@H](OC)C2)C[C@@H](O)[C@H](C)/C=C(\C)[C@@H](O)[C@@H](O)/C(=N/OCC(=O)NCc2cnc(N3CCN(C(=O)CCOCCN4CCN(c5ncc(C(=O)N6CCc7cc(Cn8nc(-c9ccc%10oc(N)nc%10c9)c9c(N)ncnc98)ccc7C6)cn5)CC4)CC3)nc2)[C@H](C)C[C@H](C)/C=C/C=C/C=C/1C. The molecule has 1 aliphatic carbocycles. The summed E-state index contributed by atoms with van der Waals surface area (Å²) in [5.74, 6) is -7.13. The average Bonchev–Trinajstić information content (AvgIpc) is 1.60. The number of carbonyl (C=O) groups excluding carboxylic acids is 6. The number of anilines is 4. The van der Waals surface area contributed by atoms with Crippen molar-refractivity contribution in [2.75, 3.05) is 127 Å². The van der Waals surface area contributed by atoms with E-state index in [0.717, 1.165) is 45.8 Å². The standard InChI is InChI=1S/C96H130N20O18/c1-57-14-10-9-11-15-58(2)77(128-7)46-70-22-17-62(6)96(127,134-70)87(123)91(125)115-27-13-12-16-73(115)92(126)132-78(71(97)43-63-19-23-74(117)79(44-63)129-8)47-75(118)59(3)41-61(5)85(121)86(122)83(60(4)40-57)109-131-55-80(119)100-48-65-49-101-94(102-50-65)113-35-33-111(34-36-113)81(120)26-38-130-39-37-110-29-31-112(32-30-110)95-103-51-69(52-104-95)90(124)114-28-25-66-42-64(18-20-68(66)54-114)53-116-89-82(88(98)105-56-106-89)84(108-116)67-21-24-76-72(45-67)107-93(99)133-76/h9-11,14-15,18,20-21,24,41-42,45,49-52,56-57,59-60,62-63,70-71,73-75,77-79,85-86,117-118,121-122,127H,12-13,16-17,19,22-23,25-40,43-44,46-48,53-55,97H2,1-8H3,(H2,99,107)(H,100,119)(H2,98,105,106)/b11-9+,14-10+,58-15+,61-41+,109-83+/t57-,59-,60-,62-,63+,70+,71-,73+,74-,75-,77+,78+,79-,85-,86+,96-/m1/s1. The van der Waals surface area contributed by atoms with E-state index in [0.29, 0.717) is 200 Å². The maximum Gasteiger partial charge on any atom is 0.329 e. The molecule has 2 bridgehead atoms. The summed E-state index contributed by atoms with van der Waals surface area (Å²) in [6, 6.07) is 9.78. The largest absolute Gasteiger partial charge is 0.459 e. The fraction of sp³-hybridized carbons (Fsp3) is 0.573. The number of aliphatic hydroxyl groups is 5. The van der Waals surface area contributed by atoms with Crippen LogP contribution in [0.5, 0.6) is 0 Å². The van der Waals surface area contributed by atoms with Crippen LogP contribution in [0.1, 0.15) is 158 Å². The van der Waals surface area contributed by atoms with E-state index in [2.05, 4.69) is 67.3 Å². The second-order valence-electron chi connectivity index (χ2n) is 36.9. The van der Waals surface area contributed by atoms with Gasteiger partial charge in [-0.15, -0.1) is 0 Å². The van der Waals surface area contributed by atoms with Gasteiger partial charge in [0.2, 0.25) is 23.6 Å². The Morgan fingerprint density at radius 3 is 2.22 bits per heavy atom. The Kier molecular flexibility index (Phi) is 33.5. The van der Waals surface area contributed by atoms with Crippen LogP contribution in [0.2, 0.25) is 0 Å². The van der Waals surface area contributed by atoms with Crippen LogP contribution in [-0.2, 0) is 78.5 Å². The van der Waals surface area contributed by atoms with Gasteiger partial charge in [-0.2, -0.15) is 10.1 Å². The van der Waals surface area contributed by atoms with Crippen molar-refractivity contribution in [2.24, 2.45) is 40.5 Å². The van der Waals surface area contributed by atoms with Gasteiger partial charge < -0.3 is 105 Å². The molecular weight excluding hydrogens is 1720 g/mol. The number of hydrogen-bond acceptors (Lipinski definition) is 33. The first-order valence-electron chi connectivity index (χ1n) is 46.9. The topological polar surface area (TPSA) is 502 Å². The number of carbonyl (C=O) groups is 6. The lowest BCUT2D eigenvalue weighted by Gasteiger charge is -2.42. The second-order valence-corrected chi connectivity index (χ2v) is 36.9. The van der Waals surface area contributed by atoms with Gasteiger partial charge in [0.1, 0.15) is 47.7 Å². The number of cyclic esters (lactones) is 1. The highest BCUT2D eigenvalue weighted by Crippen LogP contribution is 2.40. The smallest absolute Gasteiger partial charge is 0.329 e. The third-order valence-electron chi connectivity index (χ3n) is 27.4. The number of esters is 1. The predicted molar refractivity (Wildman–Crippen MR) is 498 cm³/mol. The van der Waals surface area contributed by atoms with Gasteiger partial charge in [-0.05, 0) is 142 Å². The summed E-state index contributed by atoms with van der Waals surface area (Å²) in [6.07, 6.45) is 16.2. The average molecular weight is 1850 g/mol. The number of fused-ring (bicyclic) bond motifs is 6. The van der Waals surface area contributed by atoms with Gasteiger partial charge in [0, 0.05) is 172 Å². The monoisotopic (exact) mass is 1850 g/mol. The molecule has 5 fully saturated rings. The fourth-order valence-electron chi connectivity index (χ4n) is 19.2. The van der Waals surface area contributed by atoms with Gasteiger partial charge in [0.05, 0.1) is 73.4 Å². The molecule has 5 aromatic heterocycles. The highest BCUT2D eigenvalue weighted by Gasteiger charge is 2.53. The van der Waals surface area contributed by atoms with E-state index >= 15 is 0 Å². The lowest BCUT2D eigenvalue weighted by Crippen LogP contribution is -2.61. The molecule has 38 nitrogen and oxygen atoms in total. The zero-order chi connectivity index (χ0) is 95.0. The summed E-state index contributed by atoms with van der Waals surface area (Å²) in [7, 11) is 3.09. The molecule has 7 aromatic rings. The number of aliphatic hydroxyl groups excluding tert-OH is 4. The molecule has 722 valence electrons. The number of methoxy groups -OCH3 is 2. The van der Waals surface area contributed by atoms with Gasteiger partial charge in [0.15, 0.2) is 17.8 Å². The minimum absolute atomic E-state index is 0.000658. The number of allylic oxidation sites excluding steroid dienone is 5. The summed E-state index contributed by atoms with van der Waals surface area (Å²) >= 11 is 0. The molecule has 0 radical (unpaired) electrons. The number of piperidine rings is 1. The summed E-state index contributed by atoms with van der Waals surface area (Å²) in [6.45, 7) is 18.0. The van der Waals surface area contributed by atoms with Gasteiger partial charge in [-0.25, -0.2) is 39.4 Å². The number of rotatable bonds is 22. The first kappa shape index (κ1) is 98.8. The van der Waals surface area contributed by atoms with Crippen LogP contribution >= 0.6 is 0 Å². The number of nitrogens with one attached hydrogen (secondary N) is 1. The molecule has 134 heavy (non-hydrogen) atoms. The number of nitrogens with zero attached hydrogens (tertiary/aromatic N) is 16.